The fourth-order valence-electron chi connectivity index (χ4n) is 2.01. The Bertz CT molecular complexity index is 383. The Morgan fingerprint density at radius 3 is 2.65 bits per heavy atom. The first kappa shape index (κ1) is 13.8. The quantitative estimate of drug-likeness (QED) is 0.759. The molecule has 1 N–H and O–H groups in total. The number of anilines is 1. The van der Waals surface area contributed by atoms with Crippen LogP contribution in [0.5, 0.6) is 0 Å². The summed E-state index contributed by atoms with van der Waals surface area (Å²) in [5.74, 6) is 0. The van der Waals surface area contributed by atoms with Crippen molar-refractivity contribution < 1.29 is 0 Å². The summed E-state index contributed by atoms with van der Waals surface area (Å²) in [4.78, 5) is 2.26. The van der Waals surface area contributed by atoms with Gasteiger partial charge in [0.1, 0.15) is 0 Å². The highest BCUT2D eigenvalue weighted by molar-refractivity contribution is 5.54. The smallest absolute Gasteiger partial charge is 0.0396 e. The Morgan fingerprint density at radius 1 is 1.35 bits per heavy atom. The molecule has 0 radical (unpaired) electrons. The SMILES string of the molecule is C=C(CNCC)CN(C)c1ccc(C)cc1C. The molecule has 0 spiro atoms. The standard InChI is InChI=1S/C15H24N2/c1-6-16-10-13(3)11-17(5)15-8-7-12(2)9-14(15)4/h7-9,16H,3,6,10-11H2,1-2,4-5H3. The van der Waals surface area contributed by atoms with Gasteiger partial charge < -0.3 is 10.2 Å². The molecular weight excluding hydrogens is 208 g/mol. The Balaban J connectivity index is 2.63. The third-order valence-corrected chi connectivity index (χ3v) is 2.85. The maximum Gasteiger partial charge on any atom is 0.0396 e. The zero-order chi connectivity index (χ0) is 12.8. The molecule has 0 heterocycles. The Labute approximate surface area is 105 Å². The van der Waals surface area contributed by atoms with Crippen LogP contribution in [0.25, 0.3) is 0 Å². The molecule has 2 heteroatoms. The van der Waals surface area contributed by atoms with E-state index in [1.165, 1.54) is 22.4 Å². The van der Waals surface area contributed by atoms with Crippen LogP contribution in [0.4, 0.5) is 5.69 Å². The predicted molar refractivity (Wildman–Crippen MR) is 76.9 cm³/mol. The first-order valence-corrected chi connectivity index (χ1v) is 6.20. The van der Waals surface area contributed by atoms with Crippen LogP contribution in [0.2, 0.25) is 0 Å². The zero-order valence-electron chi connectivity index (χ0n) is 11.5. The van der Waals surface area contributed by atoms with Crippen LogP contribution in [0.15, 0.2) is 30.4 Å². The van der Waals surface area contributed by atoms with Gasteiger partial charge >= 0.3 is 0 Å². The molecule has 0 atom stereocenters. The van der Waals surface area contributed by atoms with Gasteiger partial charge in [0.15, 0.2) is 0 Å². The van der Waals surface area contributed by atoms with E-state index < -0.39 is 0 Å². The number of nitrogens with one attached hydrogen (secondary N) is 1. The van der Waals surface area contributed by atoms with Crippen LogP contribution < -0.4 is 10.2 Å². The second-order valence-corrected chi connectivity index (χ2v) is 4.68. The van der Waals surface area contributed by atoms with E-state index in [-0.39, 0.29) is 0 Å². The third kappa shape index (κ3) is 4.23. The molecule has 0 saturated heterocycles. The minimum atomic E-state index is 0.895. The zero-order valence-corrected chi connectivity index (χ0v) is 11.5. The van der Waals surface area contributed by atoms with Crippen molar-refractivity contribution >= 4 is 5.69 Å². The molecule has 0 amide bonds. The van der Waals surface area contributed by atoms with Crippen molar-refractivity contribution in [2.45, 2.75) is 20.8 Å². The highest BCUT2D eigenvalue weighted by Gasteiger charge is 2.05. The summed E-state index contributed by atoms with van der Waals surface area (Å²) in [6.45, 7) is 13.3. The summed E-state index contributed by atoms with van der Waals surface area (Å²) < 4.78 is 0. The molecule has 0 bridgehead atoms. The molecular formula is C15H24N2. The number of rotatable bonds is 6. The van der Waals surface area contributed by atoms with Crippen LogP contribution in [0, 0.1) is 13.8 Å². The lowest BCUT2D eigenvalue weighted by atomic mass is 10.1. The van der Waals surface area contributed by atoms with Crippen LogP contribution in [-0.4, -0.2) is 26.7 Å². The maximum atomic E-state index is 4.10. The average Bonchev–Trinajstić information content (AvgIpc) is 2.26. The lowest BCUT2D eigenvalue weighted by molar-refractivity contribution is 0.759. The minimum Gasteiger partial charge on any atom is -0.370 e. The fraction of sp³-hybridized carbons (Fsp3) is 0.467. The summed E-state index contributed by atoms with van der Waals surface area (Å²) in [5, 5.41) is 3.30. The van der Waals surface area contributed by atoms with Crippen molar-refractivity contribution in [3.63, 3.8) is 0 Å². The van der Waals surface area contributed by atoms with Crippen molar-refractivity contribution in [3.05, 3.63) is 41.5 Å². The molecule has 1 rings (SSSR count). The monoisotopic (exact) mass is 232 g/mol. The van der Waals surface area contributed by atoms with E-state index in [2.05, 4.69) is 62.8 Å². The van der Waals surface area contributed by atoms with Gasteiger partial charge in [0.25, 0.3) is 0 Å². The van der Waals surface area contributed by atoms with Crippen molar-refractivity contribution in [3.8, 4) is 0 Å². The van der Waals surface area contributed by atoms with Gasteiger partial charge in [-0.15, -0.1) is 0 Å². The van der Waals surface area contributed by atoms with Gasteiger partial charge in [0.2, 0.25) is 0 Å². The van der Waals surface area contributed by atoms with E-state index in [1.54, 1.807) is 0 Å². The van der Waals surface area contributed by atoms with E-state index >= 15 is 0 Å². The lowest BCUT2D eigenvalue weighted by Gasteiger charge is -2.23. The molecule has 1 aromatic carbocycles. The topological polar surface area (TPSA) is 15.3 Å². The van der Waals surface area contributed by atoms with E-state index in [9.17, 15) is 0 Å². The number of nitrogens with zero attached hydrogens (tertiary/aromatic N) is 1. The van der Waals surface area contributed by atoms with Gasteiger partial charge in [-0.2, -0.15) is 0 Å². The highest BCUT2D eigenvalue weighted by Crippen LogP contribution is 2.20. The van der Waals surface area contributed by atoms with Crippen molar-refractivity contribution in [1.29, 1.82) is 0 Å². The van der Waals surface area contributed by atoms with Crippen LogP contribution in [-0.2, 0) is 0 Å². The number of hydrogen-bond acceptors (Lipinski definition) is 2. The van der Waals surface area contributed by atoms with E-state index in [0.29, 0.717) is 0 Å². The lowest BCUT2D eigenvalue weighted by Crippen LogP contribution is -2.26. The van der Waals surface area contributed by atoms with Gasteiger partial charge in [-0.25, -0.2) is 0 Å². The Kier molecular flexibility index (Phi) is 5.23. The molecule has 2 nitrogen and oxygen atoms in total. The molecule has 0 aliphatic heterocycles. The van der Waals surface area contributed by atoms with Crippen molar-refractivity contribution in [1.82, 2.24) is 5.32 Å². The summed E-state index contributed by atoms with van der Waals surface area (Å²) in [6.07, 6.45) is 0. The summed E-state index contributed by atoms with van der Waals surface area (Å²) in [5.41, 5.74) is 5.14. The molecule has 1 aromatic rings. The minimum absolute atomic E-state index is 0.895. The van der Waals surface area contributed by atoms with Crippen molar-refractivity contribution in [2.24, 2.45) is 0 Å². The largest absolute Gasteiger partial charge is 0.370 e. The molecule has 17 heavy (non-hydrogen) atoms. The molecule has 0 aliphatic carbocycles. The molecule has 94 valence electrons. The number of aryl methyl sites for hydroxylation is 2. The Hall–Kier alpha value is -1.28. The average molecular weight is 232 g/mol. The molecule has 0 aliphatic rings. The second-order valence-electron chi connectivity index (χ2n) is 4.68. The second kappa shape index (κ2) is 6.45. The van der Waals surface area contributed by atoms with Gasteiger partial charge in [-0.3, -0.25) is 0 Å². The number of benzene rings is 1. The number of hydrogen-bond donors (Lipinski definition) is 1. The summed E-state index contributed by atoms with van der Waals surface area (Å²) >= 11 is 0. The van der Waals surface area contributed by atoms with E-state index in [4.69, 9.17) is 0 Å². The van der Waals surface area contributed by atoms with Crippen LogP contribution in [0.1, 0.15) is 18.1 Å². The Morgan fingerprint density at radius 2 is 2.06 bits per heavy atom. The van der Waals surface area contributed by atoms with E-state index in [0.717, 1.165) is 19.6 Å². The van der Waals surface area contributed by atoms with Crippen molar-refractivity contribution in [2.75, 3.05) is 31.6 Å². The van der Waals surface area contributed by atoms with Gasteiger partial charge in [0, 0.05) is 25.8 Å². The fourth-order valence-corrected chi connectivity index (χ4v) is 2.01. The van der Waals surface area contributed by atoms with Gasteiger partial charge in [0.05, 0.1) is 0 Å². The first-order chi connectivity index (χ1) is 8.04. The van der Waals surface area contributed by atoms with E-state index in [1.807, 2.05) is 0 Å². The molecule has 0 aromatic heterocycles. The normalized spacial score (nSPS) is 10.4. The molecule has 0 fully saturated rings. The molecule has 0 saturated carbocycles. The van der Waals surface area contributed by atoms with Gasteiger partial charge in [-0.1, -0.05) is 31.2 Å². The predicted octanol–water partition coefficient (Wildman–Crippen LogP) is 2.91. The van der Waals surface area contributed by atoms with Gasteiger partial charge in [-0.05, 0) is 37.6 Å². The van der Waals surface area contributed by atoms with Crippen LogP contribution in [0.3, 0.4) is 0 Å². The summed E-state index contributed by atoms with van der Waals surface area (Å²) in [6, 6.07) is 6.57. The molecule has 0 unspecified atom stereocenters. The third-order valence-electron chi connectivity index (χ3n) is 2.85. The number of likely N-dealkylation sites (N-methyl/N-ethyl adjacent to an activating group) is 2. The summed E-state index contributed by atoms with van der Waals surface area (Å²) in [7, 11) is 2.12. The highest BCUT2D eigenvalue weighted by atomic mass is 15.1. The first-order valence-electron chi connectivity index (χ1n) is 6.20. The van der Waals surface area contributed by atoms with Crippen LogP contribution >= 0.6 is 0 Å². The maximum absolute atomic E-state index is 4.10.